The van der Waals surface area contributed by atoms with Crippen LogP contribution in [0.25, 0.3) is 10.9 Å². The molecule has 1 fully saturated rings. The van der Waals surface area contributed by atoms with Crippen molar-refractivity contribution in [3.05, 3.63) is 52.9 Å². The lowest BCUT2D eigenvalue weighted by atomic mass is 10.1. The summed E-state index contributed by atoms with van der Waals surface area (Å²) in [4.78, 5) is 17.0. The molecular formula is C23H20ClFN4O6S2. The Morgan fingerprint density at radius 3 is 2.65 bits per heavy atom. The maximum Gasteiger partial charge on any atom is 0.256 e. The van der Waals surface area contributed by atoms with Crippen LogP contribution in [0.3, 0.4) is 0 Å². The lowest BCUT2D eigenvalue weighted by molar-refractivity contribution is -0.116. The van der Waals surface area contributed by atoms with E-state index < -0.39 is 46.9 Å². The minimum absolute atomic E-state index is 0.127. The molecule has 0 bridgehead atoms. The highest BCUT2D eigenvalue weighted by Crippen LogP contribution is 2.37. The molecule has 1 aliphatic rings. The third-order valence-corrected chi connectivity index (χ3v) is 12.1. The molecule has 4 rings (SSSR count). The SMILES string of the molecule is CCOc1cc2ncc(C#N)c(Nc3ccc(F)c(Cl)c3)c2cc1NC(=O)CC1CCS(=O)(=O)S1(=O)=O. The molecular weight excluding hydrogens is 547 g/mol. The molecule has 0 aliphatic carbocycles. The zero-order valence-electron chi connectivity index (χ0n) is 19.3. The second-order valence-corrected chi connectivity index (χ2v) is 14.6. The van der Waals surface area contributed by atoms with Gasteiger partial charge in [0.05, 0.1) is 45.1 Å². The van der Waals surface area contributed by atoms with E-state index in [0.29, 0.717) is 22.3 Å². The highest BCUT2D eigenvalue weighted by atomic mass is 35.5. The second kappa shape index (κ2) is 10.1. The highest BCUT2D eigenvalue weighted by Gasteiger charge is 2.45. The molecule has 37 heavy (non-hydrogen) atoms. The van der Waals surface area contributed by atoms with E-state index in [9.17, 15) is 31.3 Å². The summed E-state index contributed by atoms with van der Waals surface area (Å²) in [6, 6.07) is 9.00. The molecule has 0 radical (unpaired) electrons. The number of benzene rings is 2. The number of carbonyl (C=O) groups is 1. The number of rotatable bonds is 7. The highest BCUT2D eigenvalue weighted by molar-refractivity contribution is 8.67. The lowest BCUT2D eigenvalue weighted by Crippen LogP contribution is -2.25. The molecule has 14 heteroatoms. The van der Waals surface area contributed by atoms with Crippen LogP contribution in [0.15, 0.2) is 36.5 Å². The number of halogens is 2. The molecule has 1 aromatic heterocycles. The summed E-state index contributed by atoms with van der Waals surface area (Å²) in [6.45, 7) is 1.96. The first-order chi connectivity index (χ1) is 17.5. The first-order valence-corrected chi connectivity index (χ1v) is 15.0. The van der Waals surface area contributed by atoms with Gasteiger partial charge in [-0.05, 0) is 37.6 Å². The fourth-order valence-electron chi connectivity index (χ4n) is 3.89. The predicted molar refractivity (Wildman–Crippen MR) is 137 cm³/mol. The summed E-state index contributed by atoms with van der Waals surface area (Å²) in [6.07, 6.45) is 0.619. The summed E-state index contributed by atoms with van der Waals surface area (Å²) in [5.41, 5.74) is 1.41. The van der Waals surface area contributed by atoms with Crippen molar-refractivity contribution in [1.82, 2.24) is 4.98 Å². The largest absolute Gasteiger partial charge is 0.492 e. The summed E-state index contributed by atoms with van der Waals surface area (Å²) in [5.74, 6) is -1.64. The maximum absolute atomic E-state index is 13.6. The van der Waals surface area contributed by atoms with Crippen LogP contribution in [0.4, 0.5) is 21.5 Å². The molecule has 1 saturated heterocycles. The van der Waals surface area contributed by atoms with E-state index in [-0.39, 0.29) is 35.1 Å². The van der Waals surface area contributed by atoms with Gasteiger partial charge >= 0.3 is 0 Å². The zero-order chi connectivity index (χ0) is 27.0. The van der Waals surface area contributed by atoms with Gasteiger partial charge in [0.2, 0.25) is 5.91 Å². The van der Waals surface area contributed by atoms with Crippen LogP contribution in [-0.2, 0) is 22.5 Å². The Balaban J connectivity index is 1.73. The summed E-state index contributed by atoms with van der Waals surface area (Å²) < 4.78 is 67.2. The van der Waals surface area contributed by atoms with Crippen LogP contribution in [0.1, 0.15) is 25.3 Å². The van der Waals surface area contributed by atoms with Gasteiger partial charge in [-0.2, -0.15) is 5.26 Å². The molecule has 1 amide bonds. The topological polar surface area (TPSA) is 155 Å². The van der Waals surface area contributed by atoms with Crippen molar-refractivity contribution in [3.63, 3.8) is 0 Å². The third-order valence-electron chi connectivity index (χ3n) is 5.72. The smallest absolute Gasteiger partial charge is 0.256 e. The molecule has 2 N–H and O–H groups in total. The predicted octanol–water partition coefficient (Wildman–Crippen LogP) is 3.89. The molecule has 1 unspecified atom stereocenters. The minimum Gasteiger partial charge on any atom is -0.492 e. The number of pyridine rings is 1. The number of hydrogen-bond acceptors (Lipinski definition) is 9. The number of nitrogens with one attached hydrogen (secondary N) is 2. The van der Waals surface area contributed by atoms with Gasteiger partial charge in [0.15, 0.2) is 0 Å². The Morgan fingerprint density at radius 1 is 1.27 bits per heavy atom. The van der Waals surface area contributed by atoms with Crippen LogP contribution in [0, 0.1) is 17.1 Å². The quantitative estimate of drug-likeness (QED) is 0.405. The van der Waals surface area contributed by atoms with Crippen molar-refractivity contribution in [1.29, 1.82) is 5.26 Å². The van der Waals surface area contributed by atoms with Crippen LogP contribution in [0.2, 0.25) is 5.02 Å². The third kappa shape index (κ3) is 5.18. The van der Waals surface area contributed by atoms with Gasteiger partial charge in [-0.15, -0.1) is 0 Å². The number of anilines is 3. The number of fused-ring (bicyclic) bond motifs is 1. The van der Waals surface area contributed by atoms with Crippen molar-refractivity contribution in [2.24, 2.45) is 0 Å². The van der Waals surface area contributed by atoms with Crippen LogP contribution >= 0.6 is 11.6 Å². The van der Waals surface area contributed by atoms with Crippen LogP contribution < -0.4 is 15.4 Å². The second-order valence-electron chi connectivity index (χ2n) is 8.13. The standard InChI is InChI=1S/C23H20ClFN4O6S2/c1-2-35-21-10-19-16(9-20(21)29-22(30)8-15-5-6-36(31,32)37(15,33)34)23(13(11-26)12-27-19)28-14-3-4-18(25)17(24)7-14/h3-4,7,9-10,12,15H,2,5-6,8H2,1H3,(H,27,28)(H,29,30). The summed E-state index contributed by atoms with van der Waals surface area (Å²) in [7, 11) is -8.78. The minimum atomic E-state index is -4.48. The Kier molecular flexibility index (Phi) is 7.27. The lowest BCUT2D eigenvalue weighted by Gasteiger charge is -2.17. The van der Waals surface area contributed by atoms with Gasteiger partial charge in [0, 0.05) is 29.8 Å². The van der Waals surface area contributed by atoms with E-state index in [0.717, 1.165) is 6.07 Å². The van der Waals surface area contributed by atoms with Crippen molar-refractivity contribution >= 4 is 63.2 Å². The van der Waals surface area contributed by atoms with E-state index in [4.69, 9.17) is 16.3 Å². The number of hydrogen-bond donors (Lipinski definition) is 2. The van der Waals surface area contributed by atoms with Gasteiger partial charge in [0.1, 0.15) is 17.6 Å². The van der Waals surface area contributed by atoms with Gasteiger partial charge in [-0.25, -0.2) is 21.2 Å². The van der Waals surface area contributed by atoms with E-state index in [1.807, 2.05) is 6.07 Å². The Bertz CT molecular complexity index is 1670. The molecule has 2 heterocycles. The van der Waals surface area contributed by atoms with Crippen molar-refractivity contribution in [2.45, 2.75) is 25.0 Å². The number of ether oxygens (including phenoxy) is 1. The molecule has 2 aromatic carbocycles. The number of aromatic nitrogens is 1. The Hall–Kier alpha value is -3.47. The van der Waals surface area contributed by atoms with E-state index in [1.165, 1.54) is 30.5 Å². The van der Waals surface area contributed by atoms with Gasteiger partial charge < -0.3 is 15.4 Å². The first-order valence-electron chi connectivity index (χ1n) is 10.9. The fourth-order valence-corrected chi connectivity index (χ4v) is 8.92. The number of carbonyl (C=O) groups excluding carboxylic acids is 1. The normalized spacial score (nSPS) is 17.7. The van der Waals surface area contributed by atoms with E-state index in [1.54, 1.807) is 6.92 Å². The molecule has 3 aromatic rings. The molecule has 0 saturated carbocycles. The summed E-state index contributed by atoms with van der Waals surface area (Å²) >= 11 is 5.88. The van der Waals surface area contributed by atoms with Gasteiger partial charge in [0.25, 0.3) is 17.7 Å². The molecule has 0 spiro atoms. The van der Waals surface area contributed by atoms with Crippen LogP contribution in [-0.4, -0.2) is 45.3 Å². The molecule has 194 valence electrons. The monoisotopic (exact) mass is 566 g/mol. The molecule has 1 aliphatic heterocycles. The van der Waals surface area contributed by atoms with Crippen molar-refractivity contribution in [2.75, 3.05) is 23.0 Å². The molecule has 10 nitrogen and oxygen atoms in total. The first kappa shape index (κ1) is 26.6. The van der Waals surface area contributed by atoms with E-state index in [2.05, 4.69) is 15.6 Å². The van der Waals surface area contributed by atoms with Gasteiger partial charge in [-0.1, -0.05) is 11.6 Å². The average Bonchev–Trinajstić information content (AvgIpc) is 3.04. The number of amides is 1. The zero-order valence-corrected chi connectivity index (χ0v) is 21.7. The van der Waals surface area contributed by atoms with Gasteiger partial charge in [-0.3, -0.25) is 9.78 Å². The summed E-state index contributed by atoms with van der Waals surface area (Å²) in [5, 5.41) is 14.2. The van der Waals surface area contributed by atoms with E-state index >= 15 is 0 Å². The molecule has 1 atom stereocenters. The Morgan fingerprint density at radius 2 is 2.03 bits per heavy atom. The number of nitriles is 1. The average molecular weight is 567 g/mol. The van der Waals surface area contributed by atoms with Crippen LogP contribution in [0.5, 0.6) is 5.75 Å². The fraction of sp³-hybridized carbons (Fsp3) is 0.261. The van der Waals surface area contributed by atoms with Crippen molar-refractivity contribution < 1.29 is 30.8 Å². The number of nitrogens with zero attached hydrogens (tertiary/aromatic N) is 2. The van der Waals surface area contributed by atoms with Crippen molar-refractivity contribution in [3.8, 4) is 11.8 Å². The Labute approximate surface area is 216 Å². The maximum atomic E-state index is 13.6.